The van der Waals surface area contributed by atoms with Crippen molar-refractivity contribution >= 4 is 15.8 Å². The van der Waals surface area contributed by atoms with Crippen molar-refractivity contribution in [3.63, 3.8) is 0 Å². The largest absolute Gasteiger partial charge is 0.481 e. The molecule has 0 aliphatic carbocycles. The van der Waals surface area contributed by atoms with Gasteiger partial charge >= 0.3 is 5.97 Å². The molecule has 0 spiro atoms. The second-order valence-electron chi connectivity index (χ2n) is 4.24. The molecule has 0 aromatic heterocycles. The summed E-state index contributed by atoms with van der Waals surface area (Å²) in [7, 11) is -3.31. The van der Waals surface area contributed by atoms with Gasteiger partial charge in [-0.1, -0.05) is 17.7 Å². The average Bonchev–Trinajstić information content (AvgIpc) is 2.26. The van der Waals surface area contributed by atoms with Crippen molar-refractivity contribution in [1.29, 1.82) is 0 Å². The molecule has 4 nitrogen and oxygen atoms in total. The van der Waals surface area contributed by atoms with Gasteiger partial charge in [-0.3, -0.25) is 4.79 Å². The Kier molecular flexibility index (Phi) is 4.67. The van der Waals surface area contributed by atoms with Crippen molar-refractivity contribution in [3.05, 3.63) is 42.0 Å². The number of hydrogen-bond acceptors (Lipinski definition) is 3. The first-order valence-corrected chi connectivity index (χ1v) is 7.14. The highest BCUT2D eigenvalue weighted by Gasteiger charge is 2.14. The van der Waals surface area contributed by atoms with Crippen LogP contribution in [0.3, 0.4) is 0 Å². The Morgan fingerprint density at radius 3 is 2.28 bits per heavy atom. The van der Waals surface area contributed by atoms with Gasteiger partial charge in [0.25, 0.3) is 0 Å². The van der Waals surface area contributed by atoms with Crippen molar-refractivity contribution in [3.8, 4) is 0 Å². The third-order valence-corrected chi connectivity index (χ3v) is 4.17. The number of carbonyl (C=O) groups is 1. The Balaban J connectivity index is 2.84. The zero-order valence-corrected chi connectivity index (χ0v) is 11.0. The Morgan fingerprint density at radius 1 is 1.28 bits per heavy atom. The minimum Gasteiger partial charge on any atom is -0.481 e. The van der Waals surface area contributed by atoms with E-state index in [2.05, 4.69) is 6.58 Å². The quantitative estimate of drug-likeness (QED) is 0.801. The highest BCUT2D eigenvalue weighted by molar-refractivity contribution is 7.91. The van der Waals surface area contributed by atoms with Gasteiger partial charge < -0.3 is 5.11 Å². The van der Waals surface area contributed by atoms with Crippen LogP contribution < -0.4 is 0 Å². The van der Waals surface area contributed by atoms with E-state index in [0.717, 1.165) is 5.57 Å². The molecule has 98 valence electrons. The minimum absolute atomic E-state index is 0.0284. The zero-order valence-electron chi connectivity index (χ0n) is 10.2. The van der Waals surface area contributed by atoms with E-state index in [4.69, 9.17) is 5.11 Å². The number of allylic oxidation sites excluding steroid dienone is 1. The first-order chi connectivity index (χ1) is 8.31. The maximum atomic E-state index is 11.9. The van der Waals surface area contributed by atoms with Gasteiger partial charge in [-0.25, -0.2) is 8.42 Å². The second-order valence-corrected chi connectivity index (χ2v) is 6.35. The van der Waals surface area contributed by atoms with Gasteiger partial charge in [-0.15, -0.1) is 6.58 Å². The number of sulfone groups is 1. The molecule has 0 amide bonds. The molecule has 1 aromatic rings. The smallest absolute Gasteiger partial charge is 0.307 e. The van der Waals surface area contributed by atoms with Gasteiger partial charge in [0.05, 0.1) is 17.1 Å². The molecule has 1 N–H and O–H groups in total. The second kappa shape index (κ2) is 5.82. The Labute approximate surface area is 107 Å². The third-order valence-electron chi connectivity index (χ3n) is 2.44. The number of carboxylic acid groups (broad SMARTS) is 1. The summed E-state index contributed by atoms with van der Waals surface area (Å²) in [5.41, 5.74) is 1.41. The molecule has 5 heteroatoms. The lowest BCUT2D eigenvalue weighted by molar-refractivity contribution is -0.136. The molecule has 1 rings (SSSR count). The van der Waals surface area contributed by atoms with Gasteiger partial charge in [0.2, 0.25) is 0 Å². The molecular formula is C13H16O4S. The molecular weight excluding hydrogens is 252 g/mol. The highest BCUT2D eigenvalue weighted by atomic mass is 32.2. The van der Waals surface area contributed by atoms with Crippen molar-refractivity contribution in [2.45, 2.75) is 24.7 Å². The zero-order chi connectivity index (χ0) is 13.8. The molecule has 0 fully saturated rings. The summed E-state index contributed by atoms with van der Waals surface area (Å²) >= 11 is 0. The average molecular weight is 268 g/mol. The van der Waals surface area contributed by atoms with Gasteiger partial charge in [0, 0.05) is 0 Å². The van der Waals surface area contributed by atoms with E-state index in [-0.39, 0.29) is 17.1 Å². The molecule has 0 radical (unpaired) electrons. The lowest BCUT2D eigenvalue weighted by Gasteiger charge is -2.05. The van der Waals surface area contributed by atoms with E-state index >= 15 is 0 Å². The van der Waals surface area contributed by atoms with Crippen LogP contribution in [0.5, 0.6) is 0 Å². The van der Waals surface area contributed by atoms with Crippen molar-refractivity contribution in [1.82, 2.24) is 0 Å². The van der Waals surface area contributed by atoms with Crippen LogP contribution in [0.2, 0.25) is 0 Å². The number of rotatable bonds is 6. The van der Waals surface area contributed by atoms with E-state index in [9.17, 15) is 13.2 Å². The number of benzene rings is 1. The predicted molar refractivity (Wildman–Crippen MR) is 69.3 cm³/mol. The summed E-state index contributed by atoms with van der Waals surface area (Å²) < 4.78 is 23.8. The number of hydrogen-bond donors (Lipinski definition) is 1. The van der Waals surface area contributed by atoms with Crippen LogP contribution in [0.1, 0.15) is 18.9 Å². The SMILES string of the molecule is C=C(C)CCS(=O)(=O)c1ccc(CC(=O)O)cc1. The van der Waals surface area contributed by atoms with Gasteiger partial charge in [-0.2, -0.15) is 0 Å². The summed E-state index contributed by atoms with van der Waals surface area (Å²) in [5, 5.41) is 8.61. The molecule has 0 bridgehead atoms. The topological polar surface area (TPSA) is 71.4 Å². The molecule has 0 atom stereocenters. The van der Waals surface area contributed by atoms with E-state index < -0.39 is 15.8 Å². The van der Waals surface area contributed by atoms with Crippen molar-refractivity contribution in [2.75, 3.05) is 5.75 Å². The highest BCUT2D eigenvalue weighted by Crippen LogP contribution is 2.15. The van der Waals surface area contributed by atoms with E-state index in [1.165, 1.54) is 24.3 Å². The fourth-order valence-electron chi connectivity index (χ4n) is 1.42. The molecule has 0 saturated carbocycles. The van der Waals surface area contributed by atoms with E-state index in [1.807, 2.05) is 0 Å². The molecule has 1 aromatic carbocycles. The monoisotopic (exact) mass is 268 g/mol. The van der Waals surface area contributed by atoms with Crippen LogP contribution >= 0.6 is 0 Å². The molecule has 0 aliphatic heterocycles. The third kappa shape index (κ3) is 4.33. The summed E-state index contributed by atoms with van der Waals surface area (Å²) in [6.07, 6.45) is 0.325. The summed E-state index contributed by atoms with van der Waals surface area (Å²) in [6.45, 7) is 5.45. The molecule has 18 heavy (non-hydrogen) atoms. The van der Waals surface area contributed by atoms with Crippen LogP contribution in [0.4, 0.5) is 0 Å². The predicted octanol–water partition coefficient (Wildman–Crippen LogP) is 2.05. The number of aliphatic carboxylic acids is 1. The molecule has 0 aliphatic rings. The maximum absolute atomic E-state index is 11.9. The van der Waals surface area contributed by atoms with Gasteiger partial charge in [0.15, 0.2) is 9.84 Å². The van der Waals surface area contributed by atoms with Crippen molar-refractivity contribution in [2.24, 2.45) is 0 Å². The first kappa shape index (κ1) is 14.4. The van der Waals surface area contributed by atoms with Crippen LogP contribution in [0.25, 0.3) is 0 Å². The van der Waals surface area contributed by atoms with E-state index in [1.54, 1.807) is 6.92 Å². The molecule has 0 heterocycles. The molecule has 0 saturated heterocycles. The Morgan fingerprint density at radius 2 is 1.83 bits per heavy atom. The van der Waals surface area contributed by atoms with Crippen LogP contribution in [-0.4, -0.2) is 25.2 Å². The summed E-state index contributed by atoms with van der Waals surface area (Å²) in [6, 6.07) is 5.96. The summed E-state index contributed by atoms with van der Waals surface area (Å²) in [4.78, 5) is 10.7. The Bertz CT molecular complexity index is 541. The lowest BCUT2D eigenvalue weighted by Crippen LogP contribution is -2.07. The first-order valence-electron chi connectivity index (χ1n) is 5.49. The van der Waals surface area contributed by atoms with E-state index in [0.29, 0.717) is 12.0 Å². The van der Waals surface area contributed by atoms with Gasteiger partial charge in [0.1, 0.15) is 0 Å². The number of carboxylic acids is 1. The normalized spacial score (nSPS) is 11.2. The molecule has 0 unspecified atom stereocenters. The lowest BCUT2D eigenvalue weighted by atomic mass is 10.2. The standard InChI is InChI=1S/C13H16O4S/c1-10(2)7-8-18(16,17)12-5-3-11(4-6-12)9-13(14)15/h3-6H,1,7-9H2,2H3,(H,14,15). The van der Waals surface area contributed by atoms with Crippen molar-refractivity contribution < 1.29 is 18.3 Å². The fourth-order valence-corrected chi connectivity index (χ4v) is 2.82. The van der Waals surface area contributed by atoms with Crippen LogP contribution in [0.15, 0.2) is 41.3 Å². The van der Waals surface area contributed by atoms with Crippen LogP contribution in [-0.2, 0) is 21.1 Å². The fraction of sp³-hybridized carbons (Fsp3) is 0.308. The minimum atomic E-state index is -3.31. The Hall–Kier alpha value is -1.62. The van der Waals surface area contributed by atoms with Gasteiger partial charge in [-0.05, 0) is 31.0 Å². The summed E-state index contributed by atoms with van der Waals surface area (Å²) in [5.74, 6) is -0.909. The maximum Gasteiger partial charge on any atom is 0.307 e. The van der Waals surface area contributed by atoms with Crippen LogP contribution in [0, 0.1) is 0 Å².